The van der Waals surface area contributed by atoms with Crippen LogP contribution in [-0.2, 0) is 9.53 Å². The maximum Gasteiger partial charge on any atom is 0.304 e. The smallest absolute Gasteiger partial charge is 0.304 e. The normalized spacial score (nSPS) is 11.0. The van der Waals surface area contributed by atoms with E-state index in [1.54, 1.807) is 0 Å². The molecule has 0 aromatic carbocycles. The SMILES string of the molecule is CCCCOCCCN(CCO)CCC(=O)O. The van der Waals surface area contributed by atoms with E-state index in [0.717, 1.165) is 32.4 Å². The molecule has 0 spiro atoms. The van der Waals surface area contributed by atoms with Crippen LogP contribution >= 0.6 is 0 Å². The zero-order valence-electron chi connectivity index (χ0n) is 10.7. The van der Waals surface area contributed by atoms with Gasteiger partial charge in [0.15, 0.2) is 0 Å². The molecule has 0 saturated carbocycles. The van der Waals surface area contributed by atoms with Crippen LogP contribution in [0.2, 0.25) is 0 Å². The largest absolute Gasteiger partial charge is 0.481 e. The van der Waals surface area contributed by atoms with Crippen molar-refractivity contribution in [3.05, 3.63) is 0 Å². The predicted octanol–water partition coefficient (Wildman–Crippen LogP) is 0.962. The van der Waals surface area contributed by atoms with E-state index in [1.165, 1.54) is 0 Å². The van der Waals surface area contributed by atoms with Crippen LogP contribution in [0.1, 0.15) is 32.6 Å². The molecule has 102 valence electrons. The van der Waals surface area contributed by atoms with Crippen molar-refractivity contribution in [2.75, 3.05) is 39.5 Å². The Morgan fingerprint density at radius 3 is 2.47 bits per heavy atom. The second-order valence-electron chi connectivity index (χ2n) is 4.03. The molecule has 0 rings (SSSR count). The maximum absolute atomic E-state index is 10.4. The summed E-state index contributed by atoms with van der Waals surface area (Å²) in [5.41, 5.74) is 0. The zero-order chi connectivity index (χ0) is 12.9. The highest BCUT2D eigenvalue weighted by Gasteiger charge is 2.06. The van der Waals surface area contributed by atoms with Crippen LogP contribution in [0.4, 0.5) is 0 Å². The van der Waals surface area contributed by atoms with E-state index in [9.17, 15) is 4.79 Å². The number of hydrogen-bond donors (Lipinski definition) is 2. The van der Waals surface area contributed by atoms with Crippen LogP contribution in [0.25, 0.3) is 0 Å². The zero-order valence-corrected chi connectivity index (χ0v) is 10.7. The molecular weight excluding hydrogens is 222 g/mol. The molecule has 0 atom stereocenters. The monoisotopic (exact) mass is 247 g/mol. The van der Waals surface area contributed by atoms with Crippen molar-refractivity contribution in [1.29, 1.82) is 0 Å². The van der Waals surface area contributed by atoms with Gasteiger partial charge in [0.1, 0.15) is 0 Å². The third kappa shape index (κ3) is 11.6. The van der Waals surface area contributed by atoms with Crippen LogP contribution in [0, 0.1) is 0 Å². The third-order valence-corrected chi connectivity index (χ3v) is 2.46. The first-order chi connectivity index (χ1) is 8.20. The van der Waals surface area contributed by atoms with Crippen molar-refractivity contribution in [3.8, 4) is 0 Å². The van der Waals surface area contributed by atoms with E-state index in [1.807, 2.05) is 4.90 Å². The van der Waals surface area contributed by atoms with Gasteiger partial charge in [0.05, 0.1) is 13.0 Å². The van der Waals surface area contributed by atoms with Crippen molar-refractivity contribution >= 4 is 5.97 Å². The van der Waals surface area contributed by atoms with E-state index >= 15 is 0 Å². The Labute approximate surface area is 103 Å². The number of carboxylic acids is 1. The van der Waals surface area contributed by atoms with Gasteiger partial charge in [0, 0.05) is 32.8 Å². The molecule has 5 nitrogen and oxygen atoms in total. The number of hydrogen-bond acceptors (Lipinski definition) is 4. The van der Waals surface area contributed by atoms with E-state index in [-0.39, 0.29) is 13.0 Å². The summed E-state index contributed by atoms with van der Waals surface area (Å²) in [6.45, 7) is 5.49. The Morgan fingerprint density at radius 1 is 1.18 bits per heavy atom. The molecule has 0 aliphatic carbocycles. The van der Waals surface area contributed by atoms with Crippen molar-refractivity contribution in [3.63, 3.8) is 0 Å². The van der Waals surface area contributed by atoms with Crippen LogP contribution in [0.15, 0.2) is 0 Å². The fourth-order valence-corrected chi connectivity index (χ4v) is 1.47. The summed E-state index contributed by atoms with van der Waals surface area (Å²) >= 11 is 0. The number of rotatable bonds is 12. The Kier molecular flexibility index (Phi) is 11.4. The summed E-state index contributed by atoms with van der Waals surface area (Å²) < 4.78 is 5.42. The third-order valence-electron chi connectivity index (χ3n) is 2.46. The summed E-state index contributed by atoms with van der Waals surface area (Å²) in [7, 11) is 0. The summed E-state index contributed by atoms with van der Waals surface area (Å²) in [6.07, 6.45) is 3.22. The standard InChI is InChI=1S/C12H25NO4/c1-2-3-10-17-11-4-6-13(8-9-14)7-5-12(15)16/h14H,2-11H2,1H3,(H,15,16). The minimum atomic E-state index is -0.799. The van der Waals surface area contributed by atoms with Gasteiger partial charge in [-0.3, -0.25) is 4.79 Å². The molecule has 0 amide bonds. The number of aliphatic hydroxyl groups is 1. The summed E-state index contributed by atoms with van der Waals surface area (Å²) in [6, 6.07) is 0. The predicted molar refractivity (Wildman–Crippen MR) is 66.1 cm³/mol. The quantitative estimate of drug-likeness (QED) is 0.503. The number of unbranched alkanes of at least 4 members (excludes halogenated alkanes) is 1. The number of carbonyl (C=O) groups is 1. The molecule has 2 N–H and O–H groups in total. The Morgan fingerprint density at radius 2 is 1.88 bits per heavy atom. The summed E-state index contributed by atoms with van der Waals surface area (Å²) in [5.74, 6) is -0.799. The van der Waals surface area contributed by atoms with Crippen LogP contribution in [-0.4, -0.2) is 60.5 Å². The Hall–Kier alpha value is -0.650. The van der Waals surface area contributed by atoms with E-state index in [4.69, 9.17) is 14.9 Å². The first-order valence-electron chi connectivity index (χ1n) is 6.33. The highest BCUT2D eigenvalue weighted by molar-refractivity contribution is 5.66. The molecule has 0 aliphatic heterocycles. The topological polar surface area (TPSA) is 70.0 Å². The number of aliphatic carboxylic acids is 1. The second-order valence-corrected chi connectivity index (χ2v) is 4.03. The molecule has 0 aromatic rings. The Bertz CT molecular complexity index is 187. The molecule has 0 aromatic heterocycles. The lowest BCUT2D eigenvalue weighted by Crippen LogP contribution is -2.31. The van der Waals surface area contributed by atoms with Gasteiger partial charge in [-0.2, -0.15) is 0 Å². The molecule has 0 unspecified atom stereocenters. The van der Waals surface area contributed by atoms with Crippen molar-refractivity contribution in [2.45, 2.75) is 32.6 Å². The van der Waals surface area contributed by atoms with Crippen LogP contribution in [0.5, 0.6) is 0 Å². The highest BCUT2D eigenvalue weighted by atomic mass is 16.5. The number of nitrogens with zero attached hydrogens (tertiary/aromatic N) is 1. The van der Waals surface area contributed by atoms with Crippen LogP contribution < -0.4 is 0 Å². The van der Waals surface area contributed by atoms with Gasteiger partial charge in [0.2, 0.25) is 0 Å². The fourth-order valence-electron chi connectivity index (χ4n) is 1.47. The van der Waals surface area contributed by atoms with Gasteiger partial charge in [-0.1, -0.05) is 13.3 Å². The van der Waals surface area contributed by atoms with E-state index < -0.39 is 5.97 Å². The highest BCUT2D eigenvalue weighted by Crippen LogP contribution is 1.96. The molecular formula is C12H25NO4. The van der Waals surface area contributed by atoms with Gasteiger partial charge in [0.25, 0.3) is 0 Å². The van der Waals surface area contributed by atoms with Gasteiger partial charge < -0.3 is 19.8 Å². The minimum Gasteiger partial charge on any atom is -0.481 e. The lowest BCUT2D eigenvalue weighted by atomic mass is 10.3. The first-order valence-corrected chi connectivity index (χ1v) is 6.33. The minimum absolute atomic E-state index is 0.0658. The molecule has 0 fully saturated rings. The molecule has 5 heteroatoms. The van der Waals surface area contributed by atoms with Gasteiger partial charge >= 0.3 is 5.97 Å². The maximum atomic E-state index is 10.4. The lowest BCUT2D eigenvalue weighted by molar-refractivity contribution is -0.137. The average molecular weight is 247 g/mol. The fraction of sp³-hybridized carbons (Fsp3) is 0.917. The Balaban J connectivity index is 3.51. The molecule has 0 heterocycles. The van der Waals surface area contributed by atoms with E-state index in [0.29, 0.717) is 19.7 Å². The summed E-state index contributed by atoms with van der Waals surface area (Å²) in [4.78, 5) is 12.4. The number of ether oxygens (including phenoxy) is 1. The number of carboxylic acid groups (broad SMARTS) is 1. The molecule has 0 bridgehead atoms. The summed E-state index contributed by atoms with van der Waals surface area (Å²) in [5, 5.41) is 17.4. The van der Waals surface area contributed by atoms with Crippen LogP contribution in [0.3, 0.4) is 0 Å². The number of aliphatic hydroxyl groups excluding tert-OH is 1. The van der Waals surface area contributed by atoms with E-state index in [2.05, 4.69) is 6.92 Å². The van der Waals surface area contributed by atoms with Gasteiger partial charge in [-0.15, -0.1) is 0 Å². The second kappa shape index (κ2) is 11.8. The van der Waals surface area contributed by atoms with Gasteiger partial charge in [-0.05, 0) is 12.8 Å². The molecule has 0 radical (unpaired) electrons. The van der Waals surface area contributed by atoms with Crippen molar-refractivity contribution < 1.29 is 19.7 Å². The van der Waals surface area contributed by atoms with Crippen molar-refractivity contribution in [1.82, 2.24) is 4.90 Å². The van der Waals surface area contributed by atoms with Gasteiger partial charge in [-0.25, -0.2) is 0 Å². The molecule has 0 aliphatic rings. The average Bonchev–Trinajstić information content (AvgIpc) is 2.30. The molecule has 0 saturated heterocycles. The first kappa shape index (κ1) is 16.4. The molecule has 17 heavy (non-hydrogen) atoms. The lowest BCUT2D eigenvalue weighted by Gasteiger charge is -2.20. The van der Waals surface area contributed by atoms with Crippen molar-refractivity contribution in [2.24, 2.45) is 0 Å².